The molecule has 0 fully saturated rings. The maximum atomic E-state index is 11.3. The van der Waals surface area contributed by atoms with Crippen LogP contribution in [0, 0.1) is 5.41 Å². The van der Waals surface area contributed by atoms with Crippen molar-refractivity contribution in [2.75, 3.05) is 13.7 Å². The predicted octanol–water partition coefficient (Wildman–Crippen LogP) is 1.88. The van der Waals surface area contributed by atoms with Gasteiger partial charge in [-0.25, -0.2) is 0 Å². The third kappa shape index (κ3) is 9.49. The molecular formula is C12H23NO3. The number of methoxy groups -OCH3 is 1. The number of hydrogen-bond acceptors (Lipinski definition) is 3. The van der Waals surface area contributed by atoms with Crippen molar-refractivity contribution in [3.63, 3.8) is 0 Å². The van der Waals surface area contributed by atoms with Crippen molar-refractivity contribution in [2.45, 2.75) is 46.5 Å². The van der Waals surface area contributed by atoms with Crippen LogP contribution < -0.4 is 5.32 Å². The Morgan fingerprint density at radius 3 is 2.31 bits per heavy atom. The Balaban J connectivity index is 3.48. The Morgan fingerprint density at radius 1 is 1.19 bits per heavy atom. The Morgan fingerprint density at radius 2 is 1.81 bits per heavy atom. The zero-order valence-corrected chi connectivity index (χ0v) is 10.8. The number of nitrogens with one attached hydrogen (secondary N) is 1. The minimum absolute atomic E-state index is 0.0840. The SMILES string of the molecule is COC(=O)CCC(=O)NCCCC(C)(C)C. The zero-order chi connectivity index (χ0) is 12.6. The molecule has 0 aromatic rings. The van der Waals surface area contributed by atoms with Crippen LogP contribution in [0.5, 0.6) is 0 Å². The van der Waals surface area contributed by atoms with Gasteiger partial charge in [0.2, 0.25) is 5.91 Å². The monoisotopic (exact) mass is 229 g/mol. The maximum absolute atomic E-state index is 11.3. The second-order valence-corrected chi connectivity index (χ2v) is 5.09. The molecule has 1 N–H and O–H groups in total. The second-order valence-electron chi connectivity index (χ2n) is 5.09. The summed E-state index contributed by atoms with van der Waals surface area (Å²) in [6.45, 7) is 7.20. The highest BCUT2D eigenvalue weighted by Gasteiger charge is 2.10. The zero-order valence-electron chi connectivity index (χ0n) is 10.8. The number of rotatable bonds is 6. The lowest BCUT2D eigenvalue weighted by Crippen LogP contribution is -2.25. The molecule has 4 heteroatoms. The molecule has 94 valence electrons. The molecule has 0 radical (unpaired) electrons. The smallest absolute Gasteiger partial charge is 0.306 e. The van der Waals surface area contributed by atoms with Gasteiger partial charge >= 0.3 is 5.97 Å². The molecule has 0 unspecified atom stereocenters. The van der Waals surface area contributed by atoms with E-state index < -0.39 is 0 Å². The van der Waals surface area contributed by atoms with Crippen LogP contribution in [0.4, 0.5) is 0 Å². The Labute approximate surface area is 97.7 Å². The van der Waals surface area contributed by atoms with Gasteiger partial charge in [0.15, 0.2) is 0 Å². The van der Waals surface area contributed by atoms with E-state index in [0.29, 0.717) is 12.0 Å². The average molecular weight is 229 g/mol. The lowest BCUT2D eigenvalue weighted by molar-refractivity contribution is -0.142. The number of esters is 1. The number of hydrogen-bond donors (Lipinski definition) is 1. The summed E-state index contributed by atoms with van der Waals surface area (Å²) in [5, 5.41) is 2.79. The first-order chi connectivity index (χ1) is 7.35. The molecule has 0 aromatic heterocycles. The summed E-state index contributed by atoms with van der Waals surface area (Å²) < 4.78 is 4.45. The highest BCUT2D eigenvalue weighted by atomic mass is 16.5. The molecule has 0 spiro atoms. The van der Waals surface area contributed by atoms with Crippen molar-refractivity contribution in [1.29, 1.82) is 0 Å². The van der Waals surface area contributed by atoms with Crippen LogP contribution in [0.15, 0.2) is 0 Å². The quantitative estimate of drug-likeness (QED) is 0.559. The van der Waals surface area contributed by atoms with E-state index in [9.17, 15) is 9.59 Å². The first kappa shape index (κ1) is 14.9. The molecule has 0 aliphatic carbocycles. The Bertz CT molecular complexity index is 231. The summed E-state index contributed by atoms with van der Waals surface area (Å²) in [7, 11) is 1.32. The third-order valence-corrected chi connectivity index (χ3v) is 2.21. The number of ether oxygens (including phenoxy) is 1. The van der Waals surface area contributed by atoms with E-state index in [1.165, 1.54) is 7.11 Å². The van der Waals surface area contributed by atoms with Gasteiger partial charge in [-0.05, 0) is 18.3 Å². The van der Waals surface area contributed by atoms with Crippen LogP contribution in [0.3, 0.4) is 0 Å². The van der Waals surface area contributed by atoms with E-state index in [1.807, 2.05) is 0 Å². The number of amides is 1. The summed E-state index contributed by atoms with van der Waals surface area (Å²) in [5.41, 5.74) is 0.302. The minimum Gasteiger partial charge on any atom is -0.469 e. The standard InChI is InChI=1S/C12H23NO3/c1-12(2,3)8-5-9-13-10(14)6-7-11(15)16-4/h5-9H2,1-4H3,(H,13,14). The topological polar surface area (TPSA) is 55.4 Å². The Kier molecular flexibility index (Phi) is 6.77. The molecule has 1 amide bonds. The van der Waals surface area contributed by atoms with E-state index in [4.69, 9.17) is 0 Å². The summed E-state index contributed by atoms with van der Waals surface area (Å²) in [6.07, 6.45) is 2.40. The summed E-state index contributed by atoms with van der Waals surface area (Å²) in [6, 6.07) is 0. The van der Waals surface area contributed by atoms with Crippen LogP contribution in [-0.2, 0) is 14.3 Å². The van der Waals surface area contributed by atoms with Crippen LogP contribution in [-0.4, -0.2) is 25.5 Å². The van der Waals surface area contributed by atoms with Gasteiger partial charge in [0.25, 0.3) is 0 Å². The first-order valence-electron chi connectivity index (χ1n) is 5.68. The fourth-order valence-corrected chi connectivity index (χ4v) is 1.25. The molecule has 0 saturated carbocycles. The number of carbonyl (C=O) groups is 2. The van der Waals surface area contributed by atoms with Gasteiger partial charge in [0.1, 0.15) is 0 Å². The van der Waals surface area contributed by atoms with E-state index in [-0.39, 0.29) is 24.7 Å². The highest BCUT2D eigenvalue weighted by Crippen LogP contribution is 2.19. The van der Waals surface area contributed by atoms with Crippen molar-refractivity contribution in [3.05, 3.63) is 0 Å². The van der Waals surface area contributed by atoms with Crippen molar-refractivity contribution in [2.24, 2.45) is 5.41 Å². The van der Waals surface area contributed by atoms with E-state index >= 15 is 0 Å². The molecule has 0 aliphatic heterocycles. The highest BCUT2D eigenvalue weighted by molar-refractivity contribution is 5.81. The second kappa shape index (κ2) is 7.25. The van der Waals surface area contributed by atoms with E-state index in [0.717, 1.165) is 12.8 Å². The average Bonchev–Trinajstić information content (AvgIpc) is 2.19. The fourth-order valence-electron chi connectivity index (χ4n) is 1.25. The molecule has 0 heterocycles. The van der Waals surface area contributed by atoms with Crippen molar-refractivity contribution in [3.8, 4) is 0 Å². The van der Waals surface area contributed by atoms with Gasteiger partial charge < -0.3 is 10.1 Å². The van der Waals surface area contributed by atoms with Crippen molar-refractivity contribution < 1.29 is 14.3 Å². The normalized spacial score (nSPS) is 11.0. The molecule has 4 nitrogen and oxygen atoms in total. The largest absolute Gasteiger partial charge is 0.469 e. The van der Waals surface area contributed by atoms with Crippen molar-refractivity contribution >= 4 is 11.9 Å². The number of carbonyl (C=O) groups excluding carboxylic acids is 2. The molecule has 16 heavy (non-hydrogen) atoms. The van der Waals surface area contributed by atoms with Gasteiger partial charge in [-0.1, -0.05) is 20.8 Å². The van der Waals surface area contributed by atoms with Crippen LogP contribution in [0.1, 0.15) is 46.5 Å². The first-order valence-corrected chi connectivity index (χ1v) is 5.68. The van der Waals surface area contributed by atoms with Gasteiger partial charge in [0.05, 0.1) is 13.5 Å². The maximum Gasteiger partial charge on any atom is 0.306 e. The molecule has 0 aliphatic rings. The van der Waals surface area contributed by atoms with Crippen LogP contribution in [0.2, 0.25) is 0 Å². The van der Waals surface area contributed by atoms with E-state index in [1.54, 1.807) is 0 Å². The van der Waals surface area contributed by atoms with Crippen LogP contribution >= 0.6 is 0 Å². The van der Waals surface area contributed by atoms with Gasteiger partial charge in [-0.3, -0.25) is 9.59 Å². The van der Waals surface area contributed by atoms with E-state index in [2.05, 4.69) is 30.8 Å². The lowest BCUT2D eigenvalue weighted by atomic mass is 9.91. The molecule has 0 atom stereocenters. The Hall–Kier alpha value is -1.06. The van der Waals surface area contributed by atoms with Gasteiger partial charge in [-0.2, -0.15) is 0 Å². The predicted molar refractivity (Wildman–Crippen MR) is 62.9 cm³/mol. The molecule has 0 saturated heterocycles. The molecule has 0 bridgehead atoms. The minimum atomic E-state index is -0.343. The van der Waals surface area contributed by atoms with Gasteiger partial charge in [-0.15, -0.1) is 0 Å². The van der Waals surface area contributed by atoms with Crippen LogP contribution in [0.25, 0.3) is 0 Å². The van der Waals surface area contributed by atoms with Crippen molar-refractivity contribution in [1.82, 2.24) is 5.32 Å². The summed E-state index contributed by atoms with van der Waals surface area (Å²) >= 11 is 0. The molecule has 0 rings (SSSR count). The van der Waals surface area contributed by atoms with Gasteiger partial charge in [0, 0.05) is 13.0 Å². The third-order valence-electron chi connectivity index (χ3n) is 2.21. The fraction of sp³-hybridized carbons (Fsp3) is 0.833. The summed E-state index contributed by atoms with van der Waals surface area (Å²) in [5.74, 6) is -0.427. The summed E-state index contributed by atoms with van der Waals surface area (Å²) in [4.78, 5) is 22.0. The lowest BCUT2D eigenvalue weighted by Gasteiger charge is -2.17. The molecule has 0 aromatic carbocycles. The molecular weight excluding hydrogens is 206 g/mol.